The summed E-state index contributed by atoms with van der Waals surface area (Å²) in [5, 5.41) is 43.4. The van der Waals surface area contributed by atoms with Gasteiger partial charge in [0.15, 0.2) is 0 Å². The van der Waals surface area contributed by atoms with Crippen molar-refractivity contribution in [2.24, 2.45) is 0 Å². The molecule has 18 heteroatoms. The van der Waals surface area contributed by atoms with Gasteiger partial charge in [-0.25, -0.2) is 4.79 Å². The van der Waals surface area contributed by atoms with E-state index in [1.807, 2.05) is 0 Å². The van der Waals surface area contributed by atoms with E-state index in [-0.39, 0.29) is 30.8 Å². The van der Waals surface area contributed by atoms with Gasteiger partial charge in [0, 0.05) is 31.0 Å². The summed E-state index contributed by atoms with van der Waals surface area (Å²) in [5.41, 5.74) is 0.423. The van der Waals surface area contributed by atoms with E-state index in [1.54, 1.807) is 60.7 Å². The van der Waals surface area contributed by atoms with E-state index in [4.69, 9.17) is 4.74 Å². The molecule has 0 radical (unpaired) electrons. The Balaban J connectivity index is 1.41. The fourth-order valence-corrected chi connectivity index (χ4v) is 4.94. The van der Waals surface area contributed by atoms with Gasteiger partial charge in [-0.05, 0) is 34.9 Å². The van der Waals surface area contributed by atoms with Crippen LogP contribution in [-0.2, 0) is 43.4 Å². The zero-order valence-corrected chi connectivity index (χ0v) is 27.8. The maximum absolute atomic E-state index is 13.7. The maximum Gasteiger partial charge on any atom is 0.329 e. The van der Waals surface area contributed by atoms with Gasteiger partial charge in [0.25, 0.3) is 17.1 Å². The fraction of sp³-hybridized carbons (Fsp3) is 0.200. The molecule has 4 rings (SSSR count). The monoisotopic (exact) mass is 727 g/mol. The molecule has 0 aliphatic carbocycles. The van der Waals surface area contributed by atoms with Crippen molar-refractivity contribution in [1.82, 2.24) is 16.0 Å². The second kappa shape index (κ2) is 18.7. The third kappa shape index (κ3) is 11.9. The van der Waals surface area contributed by atoms with Crippen LogP contribution in [0.15, 0.2) is 103 Å². The number of carbonyl (C=O) groups is 4. The number of esters is 1. The standard InChI is InChI=1S/C35H33N7O11/c43-32(20-36-28-16-15-27(41(49)50)19-31(28)42(51)52)37-21-33(44)38-29(17-23-7-3-1-4-8-23)34(45)39-30(18-24-9-5-2-6-10-24)35(46)53-22-25-11-13-26(14-12-25)40(47)48/h1-16,19,29-30,36H,17-18,20-22H2,(H,37,43)(H,38,44)(H,39,45)/t29-,30-/m0/s1. The molecule has 18 nitrogen and oxygen atoms in total. The SMILES string of the molecule is O=C(CNc1ccc([N+](=O)[O-])cc1[N+](=O)[O-])NCC(=O)N[C@@H](Cc1ccccc1)C(=O)N[C@@H](Cc1ccccc1)C(=O)OCc1ccc([N+](=O)[O-])cc1. The topological polar surface area (TPSA) is 255 Å². The Morgan fingerprint density at radius 3 is 1.74 bits per heavy atom. The molecule has 3 amide bonds. The van der Waals surface area contributed by atoms with Crippen LogP contribution in [-0.4, -0.2) is 63.6 Å². The van der Waals surface area contributed by atoms with Crippen molar-refractivity contribution in [1.29, 1.82) is 0 Å². The molecule has 0 spiro atoms. The number of ether oxygens (including phenoxy) is 1. The number of hydrogen-bond acceptors (Lipinski definition) is 12. The van der Waals surface area contributed by atoms with Crippen LogP contribution in [0.5, 0.6) is 0 Å². The highest BCUT2D eigenvalue weighted by atomic mass is 16.6. The number of carbonyl (C=O) groups excluding carboxylic acids is 4. The predicted molar refractivity (Wildman–Crippen MR) is 188 cm³/mol. The number of amides is 3. The summed E-state index contributed by atoms with van der Waals surface area (Å²) >= 11 is 0. The molecule has 4 N–H and O–H groups in total. The lowest BCUT2D eigenvalue weighted by Crippen LogP contribution is -2.54. The van der Waals surface area contributed by atoms with Gasteiger partial charge in [0.2, 0.25) is 17.7 Å². The van der Waals surface area contributed by atoms with E-state index in [1.165, 1.54) is 24.3 Å². The Bertz CT molecular complexity index is 1960. The van der Waals surface area contributed by atoms with Crippen LogP contribution in [0.3, 0.4) is 0 Å². The van der Waals surface area contributed by atoms with E-state index in [9.17, 15) is 49.5 Å². The lowest BCUT2D eigenvalue weighted by molar-refractivity contribution is -0.393. The van der Waals surface area contributed by atoms with E-state index in [0.29, 0.717) is 16.7 Å². The number of nitro groups is 3. The molecule has 0 unspecified atom stereocenters. The number of anilines is 1. The minimum atomic E-state index is -1.22. The fourth-order valence-electron chi connectivity index (χ4n) is 4.94. The van der Waals surface area contributed by atoms with Crippen LogP contribution >= 0.6 is 0 Å². The molecule has 0 aliphatic rings. The number of nitrogens with zero attached hydrogens (tertiary/aromatic N) is 3. The maximum atomic E-state index is 13.7. The summed E-state index contributed by atoms with van der Waals surface area (Å²) < 4.78 is 5.47. The quantitative estimate of drug-likeness (QED) is 0.0655. The summed E-state index contributed by atoms with van der Waals surface area (Å²) in [7, 11) is 0. The second-order valence-corrected chi connectivity index (χ2v) is 11.4. The molecule has 53 heavy (non-hydrogen) atoms. The van der Waals surface area contributed by atoms with Crippen molar-refractivity contribution in [2.45, 2.75) is 31.5 Å². The van der Waals surface area contributed by atoms with Gasteiger partial charge in [-0.1, -0.05) is 60.7 Å². The first-order valence-electron chi connectivity index (χ1n) is 15.9. The number of nitro benzene ring substituents is 3. The number of benzene rings is 4. The molecule has 0 saturated carbocycles. The molecule has 0 fully saturated rings. The molecule has 0 saturated heterocycles. The van der Waals surface area contributed by atoms with E-state index >= 15 is 0 Å². The molecule has 2 atom stereocenters. The van der Waals surface area contributed by atoms with Crippen molar-refractivity contribution < 1.29 is 38.7 Å². The number of rotatable bonds is 18. The molecular formula is C35H33N7O11. The molecule has 0 aliphatic heterocycles. The van der Waals surface area contributed by atoms with Crippen molar-refractivity contribution >= 4 is 46.4 Å². The molecule has 4 aromatic rings. The Kier molecular flexibility index (Phi) is 13.6. The Morgan fingerprint density at radius 2 is 1.17 bits per heavy atom. The van der Waals surface area contributed by atoms with Crippen LogP contribution in [0.2, 0.25) is 0 Å². The summed E-state index contributed by atoms with van der Waals surface area (Å²) in [6, 6.07) is 23.4. The van der Waals surface area contributed by atoms with Gasteiger partial charge in [-0.3, -0.25) is 44.7 Å². The van der Waals surface area contributed by atoms with Crippen LogP contribution in [0, 0.1) is 30.3 Å². The summed E-state index contributed by atoms with van der Waals surface area (Å²) in [5.74, 6) is -3.04. The van der Waals surface area contributed by atoms with Gasteiger partial charge in [-0.2, -0.15) is 0 Å². The van der Waals surface area contributed by atoms with Crippen LogP contribution in [0.25, 0.3) is 0 Å². The van der Waals surface area contributed by atoms with Crippen LogP contribution in [0.1, 0.15) is 16.7 Å². The number of non-ortho nitro benzene ring substituents is 2. The van der Waals surface area contributed by atoms with Crippen molar-refractivity contribution in [3.63, 3.8) is 0 Å². The first kappa shape index (κ1) is 38.6. The van der Waals surface area contributed by atoms with Gasteiger partial charge < -0.3 is 26.0 Å². The molecule has 0 heterocycles. The number of nitrogens with one attached hydrogen (secondary N) is 4. The highest BCUT2D eigenvalue weighted by Crippen LogP contribution is 2.28. The zero-order valence-electron chi connectivity index (χ0n) is 27.8. The van der Waals surface area contributed by atoms with Crippen molar-refractivity contribution in [3.8, 4) is 0 Å². The van der Waals surface area contributed by atoms with Crippen molar-refractivity contribution in [3.05, 3.63) is 150 Å². The minimum absolute atomic E-state index is 0.00757. The molecular weight excluding hydrogens is 694 g/mol. The van der Waals surface area contributed by atoms with Gasteiger partial charge in [-0.15, -0.1) is 0 Å². The van der Waals surface area contributed by atoms with E-state index in [0.717, 1.165) is 18.2 Å². The zero-order chi connectivity index (χ0) is 38.3. The average molecular weight is 728 g/mol. The molecule has 4 aromatic carbocycles. The van der Waals surface area contributed by atoms with E-state index in [2.05, 4.69) is 21.3 Å². The van der Waals surface area contributed by atoms with Gasteiger partial charge in [0.05, 0.1) is 33.9 Å². The van der Waals surface area contributed by atoms with Gasteiger partial charge >= 0.3 is 5.97 Å². The molecule has 0 aromatic heterocycles. The Labute approximate surface area is 301 Å². The lowest BCUT2D eigenvalue weighted by atomic mass is 10.0. The summed E-state index contributed by atoms with van der Waals surface area (Å²) in [6.45, 7) is -1.34. The van der Waals surface area contributed by atoms with Crippen LogP contribution < -0.4 is 21.3 Å². The first-order chi connectivity index (χ1) is 25.4. The summed E-state index contributed by atoms with van der Waals surface area (Å²) in [4.78, 5) is 83.7. The predicted octanol–water partition coefficient (Wildman–Crippen LogP) is 3.14. The highest BCUT2D eigenvalue weighted by molar-refractivity contribution is 5.93. The van der Waals surface area contributed by atoms with Crippen molar-refractivity contribution in [2.75, 3.05) is 18.4 Å². The normalized spacial score (nSPS) is 11.6. The summed E-state index contributed by atoms with van der Waals surface area (Å²) in [6.07, 6.45) is 0.0429. The Morgan fingerprint density at radius 1 is 0.604 bits per heavy atom. The highest BCUT2D eigenvalue weighted by Gasteiger charge is 2.29. The second-order valence-electron chi connectivity index (χ2n) is 11.4. The van der Waals surface area contributed by atoms with Gasteiger partial charge in [0.1, 0.15) is 24.4 Å². The largest absolute Gasteiger partial charge is 0.459 e. The molecule has 0 bridgehead atoms. The van der Waals surface area contributed by atoms with E-state index < -0.39 is 75.0 Å². The minimum Gasteiger partial charge on any atom is -0.459 e. The number of hydrogen-bond donors (Lipinski definition) is 4. The lowest BCUT2D eigenvalue weighted by Gasteiger charge is -2.23. The smallest absolute Gasteiger partial charge is 0.329 e. The Hall–Kier alpha value is -7.24. The average Bonchev–Trinajstić information content (AvgIpc) is 3.15. The third-order valence-corrected chi connectivity index (χ3v) is 7.62. The molecule has 274 valence electrons. The first-order valence-corrected chi connectivity index (χ1v) is 15.9. The van der Waals surface area contributed by atoms with Crippen LogP contribution in [0.4, 0.5) is 22.7 Å². The third-order valence-electron chi connectivity index (χ3n) is 7.62.